The van der Waals surface area contributed by atoms with Gasteiger partial charge in [-0.3, -0.25) is 9.98 Å². The van der Waals surface area contributed by atoms with Crippen LogP contribution >= 0.6 is 11.8 Å². The Labute approximate surface area is 118 Å². The van der Waals surface area contributed by atoms with Crippen LogP contribution < -0.4 is 5.32 Å². The van der Waals surface area contributed by atoms with Crippen LogP contribution in [-0.4, -0.2) is 17.5 Å². The maximum Gasteiger partial charge on any atom is 0.114 e. The summed E-state index contributed by atoms with van der Waals surface area (Å²) in [6.07, 6.45) is 3.92. The Bertz CT molecular complexity index is 479. The van der Waals surface area contributed by atoms with Crippen molar-refractivity contribution in [1.82, 2.24) is 5.32 Å². The number of fused-ring (bicyclic) bond motifs is 1. The number of hydrogen-bond donors (Lipinski definition) is 1. The average molecular weight is 273 g/mol. The molecule has 0 aromatic heterocycles. The molecule has 0 amide bonds. The molecule has 0 saturated heterocycles. The molecule has 3 rings (SSSR count). The molecular formula is C15H19N3S. The zero-order valence-corrected chi connectivity index (χ0v) is 12.1. The van der Waals surface area contributed by atoms with Crippen molar-refractivity contribution in [3.63, 3.8) is 0 Å². The normalized spacial score (nSPS) is 25.5. The lowest BCUT2D eigenvalue weighted by Gasteiger charge is -2.21. The maximum absolute atomic E-state index is 4.65. The molecule has 1 aromatic rings. The molecule has 1 aromatic carbocycles. The van der Waals surface area contributed by atoms with Crippen molar-refractivity contribution in [2.75, 3.05) is 0 Å². The largest absolute Gasteiger partial charge is 0.335 e. The average Bonchev–Trinajstić information content (AvgIpc) is 2.97. The van der Waals surface area contributed by atoms with E-state index in [4.69, 9.17) is 0 Å². The topological polar surface area (TPSA) is 36.8 Å². The Morgan fingerprint density at radius 2 is 2.05 bits per heavy atom. The molecule has 0 aliphatic carbocycles. The van der Waals surface area contributed by atoms with Gasteiger partial charge in [0.2, 0.25) is 0 Å². The number of nitrogens with one attached hydrogen (secondary N) is 1. The molecular weight excluding hydrogens is 254 g/mol. The van der Waals surface area contributed by atoms with Gasteiger partial charge in [-0.05, 0) is 11.0 Å². The molecule has 100 valence electrons. The maximum atomic E-state index is 4.65. The number of nitrogens with zero attached hydrogens (tertiary/aromatic N) is 2. The minimum absolute atomic E-state index is 0.283. The number of rotatable bonds is 2. The molecule has 3 nitrogen and oxygen atoms in total. The highest BCUT2D eigenvalue weighted by Crippen LogP contribution is 2.32. The van der Waals surface area contributed by atoms with E-state index in [1.165, 1.54) is 5.56 Å². The summed E-state index contributed by atoms with van der Waals surface area (Å²) < 4.78 is 0. The Kier molecular flexibility index (Phi) is 5.21. The van der Waals surface area contributed by atoms with Gasteiger partial charge in [0.05, 0.1) is 18.8 Å². The third kappa shape index (κ3) is 3.47. The van der Waals surface area contributed by atoms with Gasteiger partial charge in [0.15, 0.2) is 0 Å². The Morgan fingerprint density at radius 3 is 2.84 bits per heavy atom. The molecule has 4 heteroatoms. The summed E-state index contributed by atoms with van der Waals surface area (Å²) in [4.78, 5) is 9.03. The van der Waals surface area contributed by atoms with Crippen LogP contribution in [0.15, 0.2) is 51.8 Å². The fraction of sp³-hybridized carbons (Fsp3) is 0.333. The highest BCUT2D eigenvalue weighted by Gasteiger charge is 2.29. The van der Waals surface area contributed by atoms with E-state index in [-0.39, 0.29) is 5.37 Å². The SMILES string of the molecule is C1=CC2C(=NCc3ccccc3)NC=NC2S1.CC. The first-order valence-corrected chi connectivity index (χ1v) is 7.56. The van der Waals surface area contributed by atoms with E-state index >= 15 is 0 Å². The van der Waals surface area contributed by atoms with Crippen LogP contribution in [0.2, 0.25) is 0 Å². The first kappa shape index (κ1) is 13.9. The van der Waals surface area contributed by atoms with Gasteiger partial charge in [0.25, 0.3) is 0 Å². The molecule has 0 saturated carbocycles. The van der Waals surface area contributed by atoms with E-state index in [0.29, 0.717) is 5.92 Å². The zero-order valence-electron chi connectivity index (χ0n) is 11.3. The van der Waals surface area contributed by atoms with Crippen LogP contribution in [-0.2, 0) is 6.54 Å². The number of thioether (sulfide) groups is 1. The smallest absolute Gasteiger partial charge is 0.114 e. The van der Waals surface area contributed by atoms with Crippen molar-refractivity contribution in [1.29, 1.82) is 0 Å². The predicted octanol–water partition coefficient (Wildman–Crippen LogP) is 3.45. The monoisotopic (exact) mass is 273 g/mol. The van der Waals surface area contributed by atoms with Crippen molar-refractivity contribution in [3.05, 3.63) is 47.4 Å². The molecule has 2 aliphatic heterocycles. The van der Waals surface area contributed by atoms with Crippen molar-refractivity contribution in [2.24, 2.45) is 15.9 Å². The van der Waals surface area contributed by atoms with E-state index in [0.717, 1.165) is 12.4 Å². The molecule has 2 aliphatic rings. The molecule has 1 N–H and O–H groups in total. The van der Waals surface area contributed by atoms with Gasteiger partial charge < -0.3 is 5.32 Å². The first-order chi connectivity index (χ1) is 9.43. The quantitative estimate of drug-likeness (QED) is 0.896. The minimum Gasteiger partial charge on any atom is -0.335 e. The van der Waals surface area contributed by atoms with Crippen molar-refractivity contribution < 1.29 is 0 Å². The summed E-state index contributed by atoms with van der Waals surface area (Å²) in [6, 6.07) is 10.3. The molecule has 2 atom stereocenters. The van der Waals surface area contributed by atoms with Crippen LogP contribution in [0.5, 0.6) is 0 Å². The molecule has 0 spiro atoms. The summed E-state index contributed by atoms with van der Waals surface area (Å²) in [5, 5.41) is 5.55. The summed E-state index contributed by atoms with van der Waals surface area (Å²) in [7, 11) is 0. The number of amidine groups is 1. The fourth-order valence-electron chi connectivity index (χ4n) is 1.93. The number of benzene rings is 1. The van der Waals surface area contributed by atoms with Gasteiger partial charge in [-0.2, -0.15) is 0 Å². The molecule has 0 radical (unpaired) electrons. The standard InChI is InChI=1S/C13H13N3S.C2H6/c1-2-4-10(5-3-1)8-14-12-11-6-7-17-13(11)16-9-15-12;1-2/h1-7,9,11,13H,8H2,(H,14,15,16);1-2H3. The van der Waals surface area contributed by atoms with Crippen LogP contribution in [0.1, 0.15) is 19.4 Å². The van der Waals surface area contributed by atoms with Gasteiger partial charge >= 0.3 is 0 Å². The first-order valence-electron chi connectivity index (χ1n) is 6.62. The van der Waals surface area contributed by atoms with E-state index in [1.807, 2.05) is 32.0 Å². The molecule has 0 fully saturated rings. The van der Waals surface area contributed by atoms with Crippen molar-refractivity contribution >= 4 is 23.9 Å². The van der Waals surface area contributed by atoms with E-state index < -0.39 is 0 Å². The highest BCUT2D eigenvalue weighted by atomic mass is 32.2. The Morgan fingerprint density at radius 1 is 1.26 bits per heavy atom. The lowest BCUT2D eigenvalue weighted by atomic mass is 10.1. The predicted molar refractivity (Wildman–Crippen MR) is 84.6 cm³/mol. The number of aliphatic imine (C=N–C) groups is 2. The van der Waals surface area contributed by atoms with Gasteiger partial charge in [0, 0.05) is 0 Å². The lowest BCUT2D eigenvalue weighted by Crippen LogP contribution is -2.37. The third-order valence-corrected chi connectivity index (χ3v) is 3.84. The summed E-state index contributed by atoms with van der Waals surface area (Å²) in [5.74, 6) is 1.34. The second-order valence-corrected chi connectivity index (χ2v) is 5.02. The second-order valence-electron chi connectivity index (χ2n) is 3.99. The van der Waals surface area contributed by atoms with E-state index in [2.05, 4.69) is 38.9 Å². The van der Waals surface area contributed by atoms with Gasteiger partial charge in [-0.1, -0.05) is 50.3 Å². The van der Waals surface area contributed by atoms with Crippen LogP contribution in [0, 0.1) is 5.92 Å². The van der Waals surface area contributed by atoms with Gasteiger partial charge in [-0.25, -0.2) is 0 Å². The van der Waals surface area contributed by atoms with Crippen molar-refractivity contribution in [2.45, 2.75) is 25.8 Å². The van der Waals surface area contributed by atoms with Crippen LogP contribution in [0.3, 0.4) is 0 Å². The summed E-state index contributed by atoms with van der Waals surface area (Å²) in [5.41, 5.74) is 1.23. The summed E-state index contributed by atoms with van der Waals surface area (Å²) in [6.45, 7) is 4.72. The Hall–Kier alpha value is -1.55. The fourth-order valence-corrected chi connectivity index (χ4v) is 2.87. The molecule has 19 heavy (non-hydrogen) atoms. The van der Waals surface area contributed by atoms with Crippen LogP contribution in [0.4, 0.5) is 0 Å². The second kappa shape index (κ2) is 7.14. The van der Waals surface area contributed by atoms with Gasteiger partial charge in [-0.15, -0.1) is 11.8 Å². The molecule has 2 heterocycles. The third-order valence-electron chi connectivity index (χ3n) is 2.84. The van der Waals surface area contributed by atoms with E-state index in [1.54, 1.807) is 18.1 Å². The van der Waals surface area contributed by atoms with Crippen molar-refractivity contribution in [3.8, 4) is 0 Å². The van der Waals surface area contributed by atoms with Crippen LogP contribution in [0.25, 0.3) is 0 Å². The molecule has 2 unspecified atom stereocenters. The highest BCUT2D eigenvalue weighted by molar-refractivity contribution is 8.03. The Balaban J connectivity index is 0.000000637. The number of hydrogen-bond acceptors (Lipinski definition) is 3. The van der Waals surface area contributed by atoms with E-state index in [9.17, 15) is 0 Å². The summed E-state index contributed by atoms with van der Waals surface area (Å²) >= 11 is 1.75. The van der Waals surface area contributed by atoms with Gasteiger partial charge in [0.1, 0.15) is 11.2 Å². The lowest BCUT2D eigenvalue weighted by molar-refractivity contribution is 0.773. The minimum atomic E-state index is 0.283. The zero-order chi connectivity index (χ0) is 13.5. The molecule has 0 bridgehead atoms.